The molecule has 6 nitrogen and oxygen atoms in total. The van der Waals surface area contributed by atoms with Gasteiger partial charge < -0.3 is 10.6 Å². The first-order valence-corrected chi connectivity index (χ1v) is 7.61. The minimum atomic E-state index is -0.517. The fraction of sp³-hybridized carbons (Fsp3) is 0.235. The molecule has 0 spiro atoms. The molecule has 23 heavy (non-hydrogen) atoms. The topological polar surface area (TPSA) is 74.3 Å². The van der Waals surface area contributed by atoms with Crippen molar-refractivity contribution in [3.8, 4) is 0 Å². The standard InChI is InChI=1S/C17H18N4O2/c1-2-5-15-16(22)20-13-6-3-4-7-14(13)21(15)17(23)19-12-8-10-18-11-9-12/h3-4,6-11,15H,2,5H2,1H3,(H,20,22)(H,18,19,23)/t15-/m0/s1. The Hall–Kier alpha value is -2.89. The van der Waals surface area contributed by atoms with Gasteiger partial charge in [-0.25, -0.2) is 4.79 Å². The third kappa shape index (κ3) is 3.01. The molecule has 0 unspecified atom stereocenters. The molecule has 0 fully saturated rings. The Morgan fingerprint density at radius 2 is 2.00 bits per heavy atom. The van der Waals surface area contributed by atoms with E-state index in [9.17, 15) is 9.59 Å². The molecule has 2 heterocycles. The second-order valence-corrected chi connectivity index (χ2v) is 5.35. The molecule has 0 radical (unpaired) electrons. The molecular formula is C17H18N4O2. The number of rotatable bonds is 3. The fourth-order valence-corrected chi connectivity index (χ4v) is 2.69. The molecule has 1 aliphatic rings. The number of hydrogen-bond acceptors (Lipinski definition) is 3. The van der Waals surface area contributed by atoms with Gasteiger partial charge in [0, 0.05) is 18.1 Å². The highest BCUT2D eigenvalue weighted by Crippen LogP contribution is 2.33. The molecule has 118 valence electrons. The first-order chi connectivity index (χ1) is 11.2. The van der Waals surface area contributed by atoms with E-state index in [2.05, 4.69) is 15.6 Å². The molecule has 3 amide bonds. The Morgan fingerprint density at radius 1 is 1.26 bits per heavy atom. The van der Waals surface area contributed by atoms with Crippen LogP contribution in [0.4, 0.5) is 21.9 Å². The summed E-state index contributed by atoms with van der Waals surface area (Å²) in [7, 11) is 0. The quantitative estimate of drug-likeness (QED) is 0.914. The first-order valence-electron chi connectivity index (χ1n) is 7.61. The van der Waals surface area contributed by atoms with Crippen molar-refractivity contribution in [2.24, 2.45) is 0 Å². The summed E-state index contributed by atoms with van der Waals surface area (Å²) in [4.78, 5) is 30.6. The lowest BCUT2D eigenvalue weighted by Gasteiger charge is -2.36. The van der Waals surface area contributed by atoms with Crippen molar-refractivity contribution in [3.05, 3.63) is 48.8 Å². The van der Waals surface area contributed by atoms with Crippen molar-refractivity contribution in [1.29, 1.82) is 0 Å². The lowest BCUT2D eigenvalue weighted by Crippen LogP contribution is -2.52. The molecule has 2 N–H and O–H groups in total. The molecule has 6 heteroatoms. The third-order valence-corrected chi connectivity index (χ3v) is 3.75. The zero-order valence-electron chi connectivity index (χ0n) is 12.8. The van der Waals surface area contributed by atoms with E-state index in [0.717, 1.165) is 6.42 Å². The Balaban J connectivity index is 1.95. The largest absolute Gasteiger partial charge is 0.327 e. The maximum absolute atomic E-state index is 12.8. The van der Waals surface area contributed by atoms with Gasteiger partial charge in [-0.05, 0) is 30.7 Å². The van der Waals surface area contributed by atoms with E-state index >= 15 is 0 Å². The van der Waals surface area contributed by atoms with E-state index in [1.54, 1.807) is 30.6 Å². The van der Waals surface area contributed by atoms with Gasteiger partial charge in [0.15, 0.2) is 0 Å². The normalized spacial score (nSPS) is 16.5. The number of nitrogens with zero attached hydrogens (tertiary/aromatic N) is 2. The fourth-order valence-electron chi connectivity index (χ4n) is 2.69. The van der Waals surface area contributed by atoms with Crippen LogP contribution in [0.25, 0.3) is 0 Å². The van der Waals surface area contributed by atoms with Gasteiger partial charge in [-0.15, -0.1) is 0 Å². The van der Waals surface area contributed by atoms with E-state index in [-0.39, 0.29) is 11.9 Å². The van der Waals surface area contributed by atoms with Crippen molar-refractivity contribution in [1.82, 2.24) is 4.98 Å². The smallest absolute Gasteiger partial charge is 0.322 e. The number of pyridine rings is 1. The zero-order valence-corrected chi connectivity index (χ0v) is 12.8. The minimum Gasteiger partial charge on any atom is -0.322 e. The lowest BCUT2D eigenvalue weighted by molar-refractivity contribution is -0.117. The second-order valence-electron chi connectivity index (χ2n) is 5.35. The minimum absolute atomic E-state index is 0.157. The van der Waals surface area contributed by atoms with Gasteiger partial charge in [-0.2, -0.15) is 0 Å². The molecule has 0 aliphatic carbocycles. The Labute approximate surface area is 134 Å². The van der Waals surface area contributed by atoms with Gasteiger partial charge >= 0.3 is 6.03 Å². The highest BCUT2D eigenvalue weighted by Gasteiger charge is 2.36. The molecule has 1 atom stereocenters. The maximum atomic E-state index is 12.8. The molecule has 0 saturated heterocycles. The third-order valence-electron chi connectivity index (χ3n) is 3.75. The summed E-state index contributed by atoms with van der Waals surface area (Å²) in [5.74, 6) is -0.157. The van der Waals surface area contributed by atoms with E-state index in [4.69, 9.17) is 0 Å². The number of carbonyl (C=O) groups is 2. The van der Waals surface area contributed by atoms with Crippen LogP contribution in [0.1, 0.15) is 19.8 Å². The summed E-state index contributed by atoms with van der Waals surface area (Å²) in [6, 6.07) is 9.90. The van der Waals surface area contributed by atoms with Crippen LogP contribution >= 0.6 is 0 Å². The second kappa shape index (κ2) is 6.48. The summed E-state index contributed by atoms with van der Waals surface area (Å²) in [6.45, 7) is 1.99. The number of fused-ring (bicyclic) bond motifs is 1. The molecule has 2 aromatic rings. The van der Waals surface area contributed by atoms with Crippen LogP contribution in [-0.2, 0) is 4.79 Å². The number of amides is 3. The lowest BCUT2D eigenvalue weighted by atomic mass is 10.0. The molecule has 0 saturated carbocycles. The van der Waals surface area contributed by atoms with Gasteiger partial charge in [0.2, 0.25) is 5.91 Å². The number of carbonyl (C=O) groups excluding carboxylic acids is 2. The highest BCUT2D eigenvalue weighted by atomic mass is 16.2. The molecule has 1 aromatic carbocycles. The summed E-state index contributed by atoms with van der Waals surface area (Å²) in [5, 5.41) is 5.70. The number of hydrogen-bond donors (Lipinski definition) is 2. The number of benzene rings is 1. The van der Waals surface area contributed by atoms with Crippen LogP contribution in [0.15, 0.2) is 48.8 Å². The molecule has 3 rings (SSSR count). The van der Waals surface area contributed by atoms with Crippen molar-refractivity contribution in [2.45, 2.75) is 25.8 Å². The monoisotopic (exact) mass is 310 g/mol. The van der Waals surface area contributed by atoms with E-state index in [0.29, 0.717) is 23.5 Å². The Kier molecular flexibility index (Phi) is 4.23. The number of nitrogens with one attached hydrogen (secondary N) is 2. The van der Waals surface area contributed by atoms with Crippen molar-refractivity contribution < 1.29 is 9.59 Å². The van der Waals surface area contributed by atoms with E-state index in [1.165, 1.54) is 4.90 Å². The van der Waals surface area contributed by atoms with Crippen molar-refractivity contribution in [2.75, 3.05) is 15.5 Å². The molecule has 0 bridgehead atoms. The Bertz CT molecular complexity index is 718. The summed E-state index contributed by atoms with van der Waals surface area (Å²) < 4.78 is 0. The predicted molar refractivity (Wildman–Crippen MR) is 89.5 cm³/mol. The van der Waals surface area contributed by atoms with Gasteiger partial charge in [0.1, 0.15) is 6.04 Å². The highest BCUT2D eigenvalue weighted by molar-refractivity contribution is 6.14. The van der Waals surface area contributed by atoms with Crippen LogP contribution in [0, 0.1) is 0 Å². The maximum Gasteiger partial charge on any atom is 0.327 e. The Morgan fingerprint density at radius 3 is 2.74 bits per heavy atom. The number of urea groups is 1. The summed E-state index contributed by atoms with van der Waals surface area (Å²) in [6.07, 6.45) is 4.62. The molecular weight excluding hydrogens is 292 g/mol. The van der Waals surface area contributed by atoms with Crippen LogP contribution in [0.2, 0.25) is 0 Å². The van der Waals surface area contributed by atoms with Crippen molar-refractivity contribution in [3.63, 3.8) is 0 Å². The van der Waals surface area contributed by atoms with Gasteiger partial charge in [0.25, 0.3) is 0 Å². The molecule has 1 aromatic heterocycles. The first kappa shape index (κ1) is 15.0. The van der Waals surface area contributed by atoms with Gasteiger partial charge in [-0.1, -0.05) is 25.5 Å². The zero-order chi connectivity index (χ0) is 16.2. The van der Waals surface area contributed by atoms with E-state index in [1.807, 2.05) is 25.1 Å². The van der Waals surface area contributed by atoms with Crippen LogP contribution in [-0.4, -0.2) is 23.0 Å². The average Bonchev–Trinajstić information content (AvgIpc) is 2.56. The summed E-state index contributed by atoms with van der Waals surface area (Å²) in [5.41, 5.74) is 2.00. The predicted octanol–water partition coefficient (Wildman–Crippen LogP) is 3.24. The molecule has 1 aliphatic heterocycles. The number of para-hydroxylation sites is 2. The SMILES string of the molecule is CCC[C@H]1C(=O)Nc2ccccc2N1C(=O)Nc1ccncc1. The number of anilines is 3. The number of aromatic nitrogens is 1. The van der Waals surface area contributed by atoms with Crippen molar-refractivity contribution >= 4 is 29.0 Å². The van der Waals surface area contributed by atoms with Gasteiger partial charge in [-0.3, -0.25) is 14.7 Å². The van der Waals surface area contributed by atoms with Crippen LogP contribution in [0.5, 0.6) is 0 Å². The van der Waals surface area contributed by atoms with Crippen LogP contribution < -0.4 is 15.5 Å². The van der Waals surface area contributed by atoms with E-state index < -0.39 is 6.04 Å². The summed E-state index contributed by atoms with van der Waals surface area (Å²) >= 11 is 0. The average molecular weight is 310 g/mol. The van der Waals surface area contributed by atoms with Crippen LogP contribution in [0.3, 0.4) is 0 Å². The van der Waals surface area contributed by atoms with Gasteiger partial charge in [0.05, 0.1) is 11.4 Å².